The maximum atomic E-state index is 12.1. The lowest BCUT2D eigenvalue weighted by molar-refractivity contribution is 0.778. The number of nitrogens with zero attached hydrogens (tertiary/aromatic N) is 4. The number of H-pyrrole nitrogens is 1. The molecule has 2 N–H and O–H groups in total. The van der Waals surface area contributed by atoms with Gasteiger partial charge in [-0.05, 0) is 36.8 Å². The first-order valence-corrected chi connectivity index (χ1v) is 9.10. The van der Waals surface area contributed by atoms with E-state index in [4.69, 9.17) is 0 Å². The molecule has 2 heterocycles. The molecule has 0 fully saturated rings. The quantitative estimate of drug-likeness (QED) is 0.539. The van der Waals surface area contributed by atoms with Crippen molar-refractivity contribution in [3.63, 3.8) is 0 Å². The highest BCUT2D eigenvalue weighted by atomic mass is 16.1. The Morgan fingerprint density at radius 1 is 1.04 bits per heavy atom. The smallest absolute Gasteiger partial charge is 0.337 e. The van der Waals surface area contributed by atoms with Crippen molar-refractivity contribution in [2.24, 2.45) is 0 Å². The molecule has 0 bridgehead atoms. The third kappa shape index (κ3) is 3.98. The Bertz CT molecular complexity index is 1140. The van der Waals surface area contributed by atoms with E-state index in [0.29, 0.717) is 25.0 Å². The summed E-state index contributed by atoms with van der Waals surface area (Å²) < 4.78 is 0. The molecule has 0 spiro atoms. The number of benzene rings is 2. The van der Waals surface area contributed by atoms with Crippen molar-refractivity contribution in [3.05, 3.63) is 82.9 Å². The summed E-state index contributed by atoms with van der Waals surface area (Å²) in [5, 5.41) is 4.16. The first kappa shape index (κ1) is 17.7. The lowest BCUT2D eigenvalue weighted by Crippen LogP contribution is -2.28. The summed E-state index contributed by atoms with van der Waals surface area (Å²) in [6.45, 7) is 3.32. The van der Waals surface area contributed by atoms with E-state index in [-0.39, 0.29) is 0 Å². The summed E-state index contributed by atoms with van der Waals surface area (Å²) in [7, 11) is 0. The van der Waals surface area contributed by atoms with Gasteiger partial charge in [0.15, 0.2) is 0 Å². The van der Waals surface area contributed by atoms with Crippen LogP contribution in [0.2, 0.25) is 0 Å². The number of fused-ring (bicyclic) bond motifs is 1. The van der Waals surface area contributed by atoms with Crippen LogP contribution in [0.5, 0.6) is 0 Å². The van der Waals surface area contributed by atoms with Gasteiger partial charge in [0.05, 0.1) is 5.52 Å². The molecule has 7 nitrogen and oxygen atoms in total. The zero-order valence-electron chi connectivity index (χ0n) is 15.5. The SMILES string of the molecule is CCN(Cc1ccccc1)c1nc(Nc2ccc3ncccc3c2)[nH]c(=O)n1. The van der Waals surface area contributed by atoms with Crippen molar-refractivity contribution in [3.8, 4) is 0 Å². The zero-order valence-corrected chi connectivity index (χ0v) is 15.5. The Balaban J connectivity index is 1.61. The summed E-state index contributed by atoms with van der Waals surface area (Å²) in [6, 6.07) is 19.7. The number of pyridine rings is 1. The molecule has 140 valence electrons. The topological polar surface area (TPSA) is 86.8 Å². The summed E-state index contributed by atoms with van der Waals surface area (Å²) in [5.41, 5.74) is 2.41. The van der Waals surface area contributed by atoms with E-state index in [1.165, 1.54) is 0 Å². The molecule has 0 radical (unpaired) electrons. The first-order chi connectivity index (χ1) is 13.7. The Morgan fingerprint density at radius 2 is 1.89 bits per heavy atom. The van der Waals surface area contributed by atoms with E-state index in [9.17, 15) is 4.79 Å². The first-order valence-electron chi connectivity index (χ1n) is 9.10. The molecule has 4 rings (SSSR count). The van der Waals surface area contributed by atoms with Gasteiger partial charge in [-0.15, -0.1) is 0 Å². The highest BCUT2D eigenvalue weighted by Gasteiger charge is 2.11. The molecule has 2 aromatic carbocycles. The van der Waals surface area contributed by atoms with Crippen molar-refractivity contribution in [1.29, 1.82) is 0 Å². The largest absolute Gasteiger partial charge is 0.351 e. The Hall–Kier alpha value is -3.74. The van der Waals surface area contributed by atoms with Crippen LogP contribution >= 0.6 is 0 Å². The molecule has 0 aliphatic rings. The van der Waals surface area contributed by atoms with Gasteiger partial charge in [-0.2, -0.15) is 9.97 Å². The molecule has 7 heteroatoms. The van der Waals surface area contributed by atoms with Crippen LogP contribution < -0.4 is 15.9 Å². The highest BCUT2D eigenvalue weighted by molar-refractivity contribution is 5.82. The number of rotatable bonds is 6. The van der Waals surface area contributed by atoms with E-state index in [0.717, 1.165) is 22.2 Å². The van der Waals surface area contributed by atoms with E-state index in [2.05, 4.69) is 25.3 Å². The van der Waals surface area contributed by atoms with Crippen LogP contribution in [-0.2, 0) is 6.54 Å². The van der Waals surface area contributed by atoms with Gasteiger partial charge in [0.2, 0.25) is 11.9 Å². The molecule has 0 saturated carbocycles. The molecule has 0 aliphatic heterocycles. The van der Waals surface area contributed by atoms with Gasteiger partial charge in [0, 0.05) is 30.4 Å². The standard InChI is InChI=1S/C21H20N6O/c1-2-27(14-15-7-4-3-5-8-15)20-24-19(25-21(28)26-20)23-17-10-11-18-16(13-17)9-6-12-22-18/h3-13H,2,14H2,1H3,(H2,23,24,25,26,28). The van der Waals surface area contributed by atoms with Crippen molar-refractivity contribution in [2.75, 3.05) is 16.8 Å². The van der Waals surface area contributed by atoms with Gasteiger partial charge in [0.25, 0.3) is 0 Å². The predicted octanol–water partition coefficient (Wildman–Crippen LogP) is 3.48. The number of hydrogen-bond acceptors (Lipinski definition) is 6. The molecule has 0 atom stereocenters. The summed E-state index contributed by atoms with van der Waals surface area (Å²) >= 11 is 0. The molecule has 4 aromatic rings. The van der Waals surface area contributed by atoms with Crippen LogP contribution in [0.1, 0.15) is 12.5 Å². The van der Waals surface area contributed by atoms with Crippen LogP contribution in [0.15, 0.2) is 71.7 Å². The molecule has 0 amide bonds. The molecule has 0 saturated heterocycles. The summed E-state index contributed by atoms with van der Waals surface area (Å²) in [4.78, 5) is 29.6. The molecule has 2 aromatic heterocycles. The average Bonchev–Trinajstić information content (AvgIpc) is 2.72. The Morgan fingerprint density at radius 3 is 2.71 bits per heavy atom. The van der Waals surface area contributed by atoms with Gasteiger partial charge in [-0.3, -0.25) is 9.97 Å². The van der Waals surface area contributed by atoms with Crippen LogP contribution in [-0.4, -0.2) is 26.5 Å². The van der Waals surface area contributed by atoms with Crippen molar-refractivity contribution < 1.29 is 0 Å². The number of aromatic amines is 1. The molecule has 28 heavy (non-hydrogen) atoms. The monoisotopic (exact) mass is 372 g/mol. The predicted molar refractivity (Wildman–Crippen MR) is 111 cm³/mol. The van der Waals surface area contributed by atoms with E-state index < -0.39 is 5.69 Å². The maximum Gasteiger partial charge on any atom is 0.351 e. The van der Waals surface area contributed by atoms with Gasteiger partial charge < -0.3 is 10.2 Å². The molecule has 0 unspecified atom stereocenters. The third-order valence-corrected chi connectivity index (χ3v) is 4.39. The van der Waals surface area contributed by atoms with Crippen LogP contribution in [0.4, 0.5) is 17.6 Å². The minimum atomic E-state index is -0.443. The number of aromatic nitrogens is 4. The molecule has 0 aliphatic carbocycles. The Labute approximate surface area is 162 Å². The average molecular weight is 372 g/mol. The number of hydrogen-bond donors (Lipinski definition) is 2. The highest BCUT2D eigenvalue weighted by Crippen LogP contribution is 2.20. The second-order valence-electron chi connectivity index (χ2n) is 6.34. The fourth-order valence-electron chi connectivity index (χ4n) is 2.99. The van der Waals surface area contributed by atoms with Gasteiger partial charge >= 0.3 is 5.69 Å². The molecular formula is C21H20N6O. The summed E-state index contributed by atoms with van der Waals surface area (Å²) in [5.74, 6) is 0.741. The van der Waals surface area contributed by atoms with Gasteiger partial charge in [-0.25, -0.2) is 4.79 Å². The van der Waals surface area contributed by atoms with Gasteiger partial charge in [-0.1, -0.05) is 36.4 Å². The third-order valence-electron chi connectivity index (χ3n) is 4.39. The second-order valence-corrected chi connectivity index (χ2v) is 6.34. The van der Waals surface area contributed by atoms with E-state index in [1.807, 2.05) is 72.5 Å². The minimum Gasteiger partial charge on any atom is -0.337 e. The van der Waals surface area contributed by atoms with Crippen molar-refractivity contribution in [2.45, 2.75) is 13.5 Å². The zero-order chi connectivity index (χ0) is 19.3. The normalized spacial score (nSPS) is 10.8. The lowest BCUT2D eigenvalue weighted by atomic mass is 10.2. The summed E-state index contributed by atoms with van der Waals surface area (Å²) in [6.07, 6.45) is 1.76. The van der Waals surface area contributed by atoms with Gasteiger partial charge in [0.1, 0.15) is 0 Å². The number of nitrogens with one attached hydrogen (secondary N) is 2. The molecular weight excluding hydrogens is 352 g/mol. The van der Waals surface area contributed by atoms with Crippen LogP contribution in [0.3, 0.4) is 0 Å². The number of anilines is 3. The van der Waals surface area contributed by atoms with E-state index in [1.54, 1.807) is 6.20 Å². The second kappa shape index (κ2) is 7.87. The van der Waals surface area contributed by atoms with Crippen molar-refractivity contribution >= 4 is 28.5 Å². The van der Waals surface area contributed by atoms with Crippen LogP contribution in [0, 0.1) is 0 Å². The van der Waals surface area contributed by atoms with E-state index >= 15 is 0 Å². The maximum absolute atomic E-state index is 12.1. The van der Waals surface area contributed by atoms with Crippen LogP contribution in [0.25, 0.3) is 10.9 Å². The van der Waals surface area contributed by atoms with Crippen molar-refractivity contribution in [1.82, 2.24) is 19.9 Å². The minimum absolute atomic E-state index is 0.352. The fraction of sp³-hybridized carbons (Fsp3) is 0.143. The lowest BCUT2D eigenvalue weighted by Gasteiger charge is -2.21. The Kier molecular flexibility index (Phi) is 4.97. The fourth-order valence-corrected chi connectivity index (χ4v) is 2.99.